The predicted octanol–water partition coefficient (Wildman–Crippen LogP) is 1.26. The average Bonchev–Trinajstić information content (AvgIpc) is 2.88. The number of aryl methyl sites for hydroxylation is 1. The van der Waals surface area contributed by atoms with Gasteiger partial charge in [0.05, 0.1) is 29.5 Å². The third kappa shape index (κ3) is 3.52. The van der Waals surface area contributed by atoms with Gasteiger partial charge in [0.2, 0.25) is 5.91 Å². The zero-order valence-corrected chi connectivity index (χ0v) is 12.4. The van der Waals surface area contributed by atoms with Crippen molar-refractivity contribution in [2.24, 2.45) is 0 Å². The van der Waals surface area contributed by atoms with Crippen LogP contribution in [-0.2, 0) is 16.0 Å². The number of carbonyl (C=O) groups is 1. The van der Waals surface area contributed by atoms with E-state index < -0.39 is 0 Å². The molecule has 0 aliphatic carbocycles. The maximum atomic E-state index is 12.2. The van der Waals surface area contributed by atoms with Gasteiger partial charge >= 0.3 is 0 Å². The van der Waals surface area contributed by atoms with E-state index in [1.807, 2.05) is 19.2 Å². The number of nitrogens with one attached hydrogen (secondary N) is 2. The minimum Gasteiger partial charge on any atom is -0.375 e. The summed E-state index contributed by atoms with van der Waals surface area (Å²) in [6.07, 6.45) is 0.836. The number of nitrogens with zero attached hydrogens (tertiary/aromatic N) is 1. The summed E-state index contributed by atoms with van der Waals surface area (Å²) in [5, 5.41) is 9.30. The first-order valence-corrected chi connectivity index (χ1v) is 7.59. The Labute approximate surface area is 117 Å². The minimum atomic E-state index is -0.277. The van der Waals surface area contributed by atoms with E-state index in [1.165, 1.54) is 0 Å². The zero-order chi connectivity index (χ0) is 13.8. The second-order valence-electron chi connectivity index (χ2n) is 4.76. The third-order valence-corrected chi connectivity index (χ3v) is 4.28. The molecule has 106 valence electrons. The van der Waals surface area contributed by atoms with E-state index in [0.29, 0.717) is 13.2 Å². The normalized spacial score (nSPS) is 25.0. The third-order valence-electron chi connectivity index (χ3n) is 3.27. The largest absolute Gasteiger partial charge is 0.375 e. The number of thiazole rings is 1. The van der Waals surface area contributed by atoms with Crippen LogP contribution in [0.4, 0.5) is 0 Å². The molecular weight excluding hydrogens is 262 g/mol. The smallest absolute Gasteiger partial charge is 0.240 e. The number of ether oxygens (including phenoxy) is 1. The van der Waals surface area contributed by atoms with Gasteiger partial charge in [0.25, 0.3) is 0 Å². The van der Waals surface area contributed by atoms with Gasteiger partial charge in [-0.15, -0.1) is 11.3 Å². The molecule has 1 amide bonds. The van der Waals surface area contributed by atoms with Crippen molar-refractivity contribution in [2.75, 3.05) is 13.2 Å². The van der Waals surface area contributed by atoms with Gasteiger partial charge in [0.1, 0.15) is 6.04 Å². The van der Waals surface area contributed by atoms with Crippen LogP contribution in [0.1, 0.15) is 37.5 Å². The molecule has 19 heavy (non-hydrogen) atoms. The van der Waals surface area contributed by atoms with Crippen LogP contribution in [0.25, 0.3) is 0 Å². The summed E-state index contributed by atoms with van der Waals surface area (Å²) < 4.78 is 5.48. The first-order chi connectivity index (χ1) is 9.11. The van der Waals surface area contributed by atoms with Crippen LogP contribution in [-0.4, -0.2) is 36.2 Å². The first-order valence-electron chi connectivity index (χ1n) is 6.71. The van der Waals surface area contributed by atoms with Gasteiger partial charge in [-0.2, -0.15) is 0 Å². The van der Waals surface area contributed by atoms with Gasteiger partial charge in [-0.3, -0.25) is 4.79 Å². The SMILES string of the molecule is CCc1nc(C(C)NC(=O)[C@H]2NCCO[C@@H]2C)cs1. The standard InChI is InChI=1S/C13H21N3O2S/c1-4-11-16-10(7-19-11)8(2)15-13(17)12-9(3)18-6-5-14-12/h7-9,12,14H,4-6H2,1-3H3,(H,15,17)/t8?,9-,12+/m1/s1. The van der Waals surface area contributed by atoms with E-state index in [4.69, 9.17) is 4.74 Å². The molecule has 0 saturated carbocycles. The second kappa shape index (κ2) is 6.45. The van der Waals surface area contributed by atoms with Gasteiger partial charge in [0.15, 0.2) is 0 Å². The fraction of sp³-hybridized carbons (Fsp3) is 0.692. The lowest BCUT2D eigenvalue weighted by Crippen LogP contribution is -2.55. The van der Waals surface area contributed by atoms with Gasteiger partial charge in [0, 0.05) is 11.9 Å². The number of morpholine rings is 1. The van der Waals surface area contributed by atoms with E-state index >= 15 is 0 Å². The van der Waals surface area contributed by atoms with Crippen molar-refractivity contribution in [3.8, 4) is 0 Å². The topological polar surface area (TPSA) is 63.2 Å². The van der Waals surface area contributed by atoms with E-state index in [2.05, 4.69) is 22.5 Å². The highest BCUT2D eigenvalue weighted by molar-refractivity contribution is 7.09. The molecule has 1 aromatic rings. The summed E-state index contributed by atoms with van der Waals surface area (Å²) in [6.45, 7) is 7.33. The van der Waals surface area contributed by atoms with Crippen LogP contribution in [0.3, 0.4) is 0 Å². The molecule has 0 radical (unpaired) electrons. The Morgan fingerprint density at radius 1 is 1.74 bits per heavy atom. The summed E-state index contributed by atoms with van der Waals surface area (Å²) >= 11 is 1.64. The van der Waals surface area contributed by atoms with Crippen LogP contribution in [0, 0.1) is 0 Å². The molecule has 1 aromatic heterocycles. The predicted molar refractivity (Wildman–Crippen MR) is 75.3 cm³/mol. The summed E-state index contributed by atoms with van der Waals surface area (Å²) in [5.41, 5.74) is 0.930. The van der Waals surface area contributed by atoms with Gasteiger partial charge in [-0.05, 0) is 20.3 Å². The first kappa shape index (κ1) is 14.4. The van der Waals surface area contributed by atoms with E-state index in [0.717, 1.165) is 17.1 Å². The molecular formula is C13H21N3O2S. The summed E-state index contributed by atoms with van der Waals surface area (Å²) in [5.74, 6) is -0.0225. The lowest BCUT2D eigenvalue weighted by Gasteiger charge is -2.30. The Balaban J connectivity index is 1.94. The minimum absolute atomic E-state index is 0.0225. The molecule has 1 aliphatic heterocycles. The highest BCUT2D eigenvalue weighted by Crippen LogP contribution is 2.17. The molecule has 1 saturated heterocycles. The Morgan fingerprint density at radius 2 is 2.53 bits per heavy atom. The highest BCUT2D eigenvalue weighted by Gasteiger charge is 2.29. The van der Waals surface area contributed by atoms with Crippen molar-refractivity contribution in [3.63, 3.8) is 0 Å². The van der Waals surface area contributed by atoms with Crippen molar-refractivity contribution >= 4 is 17.2 Å². The van der Waals surface area contributed by atoms with Crippen molar-refractivity contribution in [1.29, 1.82) is 0 Å². The van der Waals surface area contributed by atoms with E-state index in [1.54, 1.807) is 11.3 Å². The van der Waals surface area contributed by atoms with E-state index in [9.17, 15) is 4.79 Å². The molecule has 1 fully saturated rings. The van der Waals surface area contributed by atoms with Crippen LogP contribution in [0.15, 0.2) is 5.38 Å². The Morgan fingerprint density at radius 3 is 3.16 bits per heavy atom. The van der Waals surface area contributed by atoms with Crippen LogP contribution in [0.2, 0.25) is 0 Å². The van der Waals surface area contributed by atoms with E-state index in [-0.39, 0.29) is 24.1 Å². The second-order valence-corrected chi connectivity index (χ2v) is 5.70. The number of hydrogen-bond acceptors (Lipinski definition) is 5. The van der Waals surface area contributed by atoms with Crippen LogP contribution >= 0.6 is 11.3 Å². The summed E-state index contributed by atoms with van der Waals surface area (Å²) in [7, 11) is 0. The van der Waals surface area contributed by atoms with Crippen molar-refractivity contribution in [2.45, 2.75) is 45.4 Å². The fourth-order valence-corrected chi connectivity index (χ4v) is 2.93. The molecule has 2 N–H and O–H groups in total. The van der Waals surface area contributed by atoms with Crippen molar-refractivity contribution < 1.29 is 9.53 Å². The highest BCUT2D eigenvalue weighted by atomic mass is 32.1. The quantitative estimate of drug-likeness (QED) is 0.873. The monoisotopic (exact) mass is 283 g/mol. The summed E-state index contributed by atoms with van der Waals surface area (Å²) in [4.78, 5) is 16.7. The summed E-state index contributed by atoms with van der Waals surface area (Å²) in [6, 6.07) is -0.347. The number of amides is 1. The lowest BCUT2D eigenvalue weighted by atomic mass is 10.1. The molecule has 1 aliphatic rings. The molecule has 2 rings (SSSR count). The maximum absolute atomic E-state index is 12.2. The number of carbonyl (C=O) groups excluding carboxylic acids is 1. The van der Waals surface area contributed by atoms with Crippen LogP contribution in [0.5, 0.6) is 0 Å². The average molecular weight is 283 g/mol. The number of hydrogen-bond donors (Lipinski definition) is 2. The van der Waals surface area contributed by atoms with Crippen molar-refractivity contribution in [1.82, 2.24) is 15.6 Å². The number of aromatic nitrogens is 1. The molecule has 1 unspecified atom stereocenters. The Hall–Kier alpha value is -0.980. The lowest BCUT2D eigenvalue weighted by molar-refractivity contribution is -0.129. The van der Waals surface area contributed by atoms with Crippen LogP contribution < -0.4 is 10.6 Å². The van der Waals surface area contributed by atoms with Gasteiger partial charge in [-0.1, -0.05) is 6.92 Å². The molecule has 3 atom stereocenters. The maximum Gasteiger partial charge on any atom is 0.240 e. The molecule has 5 nitrogen and oxygen atoms in total. The molecule has 2 heterocycles. The molecule has 0 spiro atoms. The zero-order valence-electron chi connectivity index (χ0n) is 11.6. The van der Waals surface area contributed by atoms with Crippen molar-refractivity contribution in [3.05, 3.63) is 16.1 Å². The van der Waals surface area contributed by atoms with Gasteiger partial charge < -0.3 is 15.4 Å². The molecule has 6 heteroatoms. The van der Waals surface area contributed by atoms with Gasteiger partial charge in [-0.25, -0.2) is 4.98 Å². The fourth-order valence-electron chi connectivity index (χ4n) is 2.09. The molecule has 0 bridgehead atoms. The number of rotatable bonds is 4. The molecule has 0 aromatic carbocycles. The Bertz CT molecular complexity index is 435. The Kier molecular flexibility index (Phi) is 4.90.